The van der Waals surface area contributed by atoms with Gasteiger partial charge in [-0.3, -0.25) is 4.90 Å². The van der Waals surface area contributed by atoms with Gasteiger partial charge in [0.1, 0.15) is 12.4 Å². The van der Waals surface area contributed by atoms with Gasteiger partial charge in [-0.15, -0.1) is 40.8 Å². The van der Waals surface area contributed by atoms with E-state index in [0.29, 0.717) is 19.1 Å². The molecule has 1 saturated heterocycles. The lowest BCUT2D eigenvalue weighted by atomic mass is 10.2. The Morgan fingerprint density at radius 3 is 2.80 bits per heavy atom. The maximum Gasteiger partial charge on any atom is 0.194 e. The van der Waals surface area contributed by atoms with Gasteiger partial charge in [0.05, 0.1) is 0 Å². The van der Waals surface area contributed by atoms with Crippen LogP contribution in [0.3, 0.4) is 0 Å². The van der Waals surface area contributed by atoms with Crippen LogP contribution in [0.5, 0.6) is 0 Å². The van der Waals surface area contributed by atoms with Crippen molar-refractivity contribution in [3.63, 3.8) is 0 Å². The van der Waals surface area contributed by atoms with Crippen LogP contribution in [0.4, 0.5) is 0 Å². The second-order valence-electron chi connectivity index (χ2n) is 6.35. The topological polar surface area (TPSA) is 61.6 Å². The monoisotopic (exact) mass is 457 g/mol. The van der Waals surface area contributed by atoms with E-state index in [1.54, 1.807) is 0 Å². The number of likely N-dealkylation sites (tertiary alicyclic amines) is 1. The van der Waals surface area contributed by atoms with Crippen molar-refractivity contribution in [1.82, 2.24) is 29.9 Å². The first-order valence-corrected chi connectivity index (χ1v) is 8.57. The van der Waals surface area contributed by atoms with Crippen LogP contribution in [0.25, 0.3) is 0 Å². The first-order valence-electron chi connectivity index (χ1n) is 8.57. The number of hydrogen-bond acceptors (Lipinski definition) is 4. The summed E-state index contributed by atoms with van der Waals surface area (Å²) in [7, 11) is 1.98. The third kappa shape index (κ3) is 4.81. The highest BCUT2D eigenvalue weighted by Gasteiger charge is 2.29. The van der Waals surface area contributed by atoms with E-state index in [0.717, 1.165) is 43.8 Å². The number of rotatable bonds is 5. The number of aryl methyl sites for hydroxylation is 1. The van der Waals surface area contributed by atoms with E-state index in [1.807, 2.05) is 24.6 Å². The molecule has 2 aliphatic rings. The summed E-state index contributed by atoms with van der Waals surface area (Å²) in [5.41, 5.74) is 0. The van der Waals surface area contributed by atoms with Gasteiger partial charge in [0.25, 0.3) is 0 Å². The summed E-state index contributed by atoms with van der Waals surface area (Å²) in [5, 5.41) is 11.7. The predicted octanol–water partition coefficient (Wildman–Crippen LogP) is 1.32. The van der Waals surface area contributed by atoms with Gasteiger partial charge in [-0.25, -0.2) is 4.99 Å². The van der Waals surface area contributed by atoms with E-state index in [9.17, 15) is 0 Å². The number of aromatic nitrogens is 3. The molecule has 1 aromatic rings. The van der Waals surface area contributed by atoms with Crippen LogP contribution in [-0.4, -0.2) is 69.3 Å². The van der Waals surface area contributed by atoms with Crippen molar-refractivity contribution in [2.75, 3.05) is 32.7 Å². The summed E-state index contributed by atoms with van der Waals surface area (Å²) in [4.78, 5) is 9.64. The molecule has 8 heteroatoms. The number of hydrogen-bond donors (Lipinski definition) is 1. The molecular weight excluding hydrogens is 429 g/mol. The molecule has 1 unspecified atom stereocenters. The van der Waals surface area contributed by atoms with Crippen molar-refractivity contribution in [3.05, 3.63) is 36.5 Å². The van der Waals surface area contributed by atoms with Crippen LogP contribution in [0, 0.1) is 6.92 Å². The van der Waals surface area contributed by atoms with Crippen LogP contribution in [0.15, 0.2) is 29.8 Å². The standard InChI is InChI=1S/C17H27N7.HI/c1-4-8-18-17(19-12-16-21-20-14(2)22(16)3)24-11-7-15(13-24)23-9-5-6-10-23;/h4-6,15H,1,7-13H2,2-3H3,(H,18,19);1H. The van der Waals surface area contributed by atoms with E-state index in [4.69, 9.17) is 4.99 Å². The van der Waals surface area contributed by atoms with E-state index < -0.39 is 0 Å². The minimum atomic E-state index is 0. The number of nitrogens with one attached hydrogen (secondary N) is 1. The molecule has 7 nitrogen and oxygen atoms in total. The Morgan fingerprint density at radius 1 is 1.40 bits per heavy atom. The van der Waals surface area contributed by atoms with Crippen LogP contribution >= 0.6 is 24.0 Å². The lowest BCUT2D eigenvalue weighted by Gasteiger charge is -2.25. The van der Waals surface area contributed by atoms with Crippen molar-refractivity contribution in [2.45, 2.75) is 25.9 Å². The average molecular weight is 457 g/mol. The lowest BCUT2D eigenvalue weighted by molar-refractivity contribution is 0.259. The summed E-state index contributed by atoms with van der Waals surface area (Å²) in [6.45, 7) is 11.2. The van der Waals surface area contributed by atoms with Gasteiger partial charge in [0.15, 0.2) is 11.8 Å². The van der Waals surface area contributed by atoms with Crippen molar-refractivity contribution in [1.29, 1.82) is 0 Å². The minimum Gasteiger partial charge on any atom is -0.353 e. The zero-order chi connectivity index (χ0) is 16.9. The van der Waals surface area contributed by atoms with E-state index in [-0.39, 0.29) is 24.0 Å². The molecule has 0 amide bonds. The Balaban J connectivity index is 0.00000225. The molecule has 0 saturated carbocycles. The van der Waals surface area contributed by atoms with Crippen molar-refractivity contribution in [2.24, 2.45) is 12.0 Å². The lowest BCUT2D eigenvalue weighted by Crippen LogP contribution is -2.43. The summed E-state index contributed by atoms with van der Waals surface area (Å²) >= 11 is 0. The van der Waals surface area contributed by atoms with Crippen LogP contribution < -0.4 is 5.32 Å². The fourth-order valence-electron chi connectivity index (χ4n) is 3.19. The van der Waals surface area contributed by atoms with E-state index in [2.05, 4.69) is 44.0 Å². The summed E-state index contributed by atoms with van der Waals surface area (Å²) < 4.78 is 1.98. The predicted molar refractivity (Wildman–Crippen MR) is 111 cm³/mol. The SMILES string of the molecule is C=CCNC(=NCc1nnc(C)n1C)N1CCC(N2CC=CC2)C1.I. The molecule has 0 aromatic carbocycles. The number of guanidine groups is 1. The number of halogens is 1. The van der Waals surface area contributed by atoms with E-state index >= 15 is 0 Å². The Bertz CT molecular complexity index is 629. The van der Waals surface area contributed by atoms with Gasteiger partial charge >= 0.3 is 0 Å². The van der Waals surface area contributed by atoms with Gasteiger partial charge in [0, 0.05) is 45.8 Å². The van der Waals surface area contributed by atoms with Gasteiger partial charge in [-0.2, -0.15) is 0 Å². The molecule has 3 heterocycles. The van der Waals surface area contributed by atoms with E-state index in [1.165, 1.54) is 6.42 Å². The van der Waals surface area contributed by atoms with Gasteiger partial charge in [0.2, 0.25) is 0 Å². The van der Waals surface area contributed by atoms with Gasteiger partial charge in [-0.05, 0) is 13.3 Å². The fraction of sp³-hybridized carbons (Fsp3) is 0.588. The average Bonchev–Trinajstić information content (AvgIpc) is 3.31. The van der Waals surface area contributed by atoms with Crippen LogP contribution in [0.2, 0.25) is 0 Å². The minimum absolute atomic E-state index is 0. The quantitative estimate of drug-likeness (QED) is 0.313. The van der Waals surface area contributed by atoms with Crippen molar-refractivity contribution < 1.29 is 0 Å². The molecule has 25 heavy (non-hydrogen) atoms. The number of aliphatic imine (C=N–C) groups is 1. The fourth-order valence-corrected chi connectivity index (χ4v) is 3.19. The van der Waals surface area contributed by atoms with Crippen LogP contribution in [-0.2, 0) is 13.6 Å². The third-order valence-corrected chi connectivity index (χ3v) is 4.78. The largest absolute Gasteiger partial charge is 0.353 e. The zero-order valence-electron chi connectivity index (χ0n) is 15.1. The van der Waals surface area contributed by atoms with Gasteiger partial charge in [-0.1, -0.05) is 18.2 Å². The molecular formula is C17H28IN7. The van der Waals surface area contributed by atoms with Gasteiger partial charge < -0.3 is 14.8 Å². The molecule has 1 atom stereocenters. The maximum absolute atomic E-state index is 4.77. The smallest absolute Gasteiger partial charge is 0.194 e. The van der Waals surface area contributed by atoms with Crippen molar-refractivity contribution >= 4 is 29.9 Å². The molecule has 1 fully saturated rings. The third-order valence-electron chi connectivity index (χ3n) is 4.78. The van der Waals surface area contributed by atoms with Crippen molar-refractivity contribution in [3.8, 4) is 0 Å². The molecule has 138 valence electrons. The molecule has 3 rings (SSSR count). The highest BCUT2D eigenvalue weighted by Crippen LogP contribution is 2.18. The molecule has 0 bridgehead atoms. The summed E-state index contributed by atoms with van der Waals surface area (Å²) in [5.74, 6) is 2.72. The second kappa shape index (κ2) is 9.33. The number of nitrogens with zero attached hydrogens (tertiary/aromatic N) is 6. The second-order valence-corrected chi connectivity index (χ2v) is 6.35. The zero-order valence-corrected chi connectivity index (χ0v) is 17.4. The Kier molecular flexibility index (Phi) is 7.42. The first kappa shape index (κ1) is 19.9. The molecule has 1 N–H and O–H groups in total. The summed E-state index contributed by atoms with van der Waals surface area (Å²) in [6.07, 6.45) is 7.55. The Hall–Kier alpha value is -1.42. The molecule has 0 spiro atoms. The Morgan fingerprint density at radius 2 is 2.16 bits per heavy atom. The molecule has 1 aromatic heterocycles. The van der Waals surface area contributed by atoms with Crippen LogP contribution in [0.1, 0.15) is 18.1 Å². The molecule has 0 aliphatic carbocycles. The normalized spacial score (nSPS) is 20.8. The highest BCUT2D eigenvalue weighted by molar-refractivity contribution is 14.0. The summed E-state index contributed by atoms with van der Waals surface area (Å²) in [6, 6.07) is 0.604. The maximum atomic E-state index is 4.77. The first-order chi connectivity index (χ1) is 11.7. The molecule has 0 radical (unpaired) electrons. The Labute approximate surface area is 166 Å². The highest BCUT2D eigenvalue weighted by atomic mass is 127. The molecule has 2 aliphatic heterocycles.